The van der Waals surface area contributed by atoms with Crippen molar-refractivity contribution < 1.29 is 49.3 Å². The van der Waals surface area contributed by atoms with Gasteiger partial charge in [0.2, 0.25) is 5.91 Å². The zero-order valence-corrected chi connectivity index (χ0v) is 44.1. The van der Waals surface area contributed by atoms with Crippen molar-refractivity contribution in [1.82, 2.24) is 5.32 Å². The zero-order valence-electron chi connectivity index (χ0n) is 44.1. The summed E-state index contributed by atoms with van der Waals surface area (Å²) in [5, 5.41) is 56.7. The number of nitrogens with one attached hydrogen (secondary N) is 1. The topological polar surface area (TPSA) is 175 Å². The van der Waals surface area contributed by atoms with Crippen LogP contribution in [0.4, 0.5) is 0 Å². The highest BCUT2D eigenvalue weighted by molar-refractivity contribution is 5.80. The molecule has 0 radical (unpaired) electrons. The molecule has 6 N–H and O–H groups in total. The van der Waals surface area contributed by atoms with E-state index < -0.39 is 67.4 Å². The highest BCUT2D eigenvalue weighted by Crippen LogP contribution is 2.26. The van der Waals surface area contributed by atoms with Crippen LogP contribution < -0.4 is 5.32 Å². The molecule has 0 aromatic carbocycles. The zero-order chi connectivity index (χ0) is 51.1. The largest absolute Gasteiger partial charge is 0.454 e. The van der Waals surface area contributed by atoms with Gasteiger partial charge in [0.1, 0.15) is 24.4 Å². The maximum Gasteiger partial charge on any atom is 0.306 e. The fourth-order valence-electron chi connectivity index (χ4n) is 8.20. The normalized spacial score (nSPS) is 20.4. The van der Waals surface area contributed by atoms with Gasteiger partial charge in [0, 0.05) is 6.42 Å². The smallest absolute Gasteiger partial charge is 0.306 e. The number of rotatable bonds is 45. The number of ether oxygens (including phenoxy) is 3. The molecule has 70 heavy (non-hydrogen) atoms. The molecule has 1 rings (SSSR count). The van der Waals surface area contributed by atoms with Crippen molar-refractivity contribution in [3.8, 4) is 0 Å². The number of amides is 1. The summed E-state index contributed by atoms with van der Waals surface area (Å²) in [5.74, 6) is -1.28. The summed E-state index contributed by atoms with van der Waals surface area (Å²) in [5.41, 5.74) is 0. The standard InChI is InChI=1S/C59H101NO10/c1-4-7-10-13-16-19-22-25-26-27-29-31-34-37-40-43-46-52(63)58(67)60-50(51(62)45-42-39-36-33-30-24-21-18-15-12-9-6-3)49-68-59-57(56(66)55(65)53(48-61)69-59)70-54(64)47-44-41-38-35-32-28-23-20-17-14-11-8-5-2/h8,11,14,17,20,23,25-26,28,32,35,38,42,45,50-53,55-57,59,61-63,65-66H,4-7,9-10,12-13,15-16,18-19,21-22,24,27,29-31,33-34,36-37,39-41,43-44,46-49H2,1-3H3,(H,60,67)/b11-8+,17-14+,23-20-,26-25+,32-28-,38-35+,45-42+. The lowest BCUT2D eigenvalue weighted by molar-refractivity contribution is -0.305. The number of carbonyl (C=O) groups is 2. The monoisotopic (exact) mass is 984 g/mol. The summed E-state index contributed by atoms with van der Waals surface area (Å²) in [6.45, 7) is 5.57. The highest BCUT2D eigenvalue weighted by atomic mass is 16.7. The lowest BCUT2D eigenvalue weighted by Gasteiger charge is -2.41. The molecule has 1 amide bonds. The number of hydrogen-bond acceptors (Lipinski definition) is 10. The van der Waals surface area contributed by atoms with E-state index in [0.717, 1.165) is 70.6 Å². The van der Waals surface area contributed by atoms with Gasteiger partial charge < -0.3 is 45.1 Å². The minimum atomic E-state index is -1.65. The molecular formula is C59H101NO10. The lowest BCUT2D eigenvalue weighted by atomic mass is 9.99. The molecule has 0 aliphatic carbocycles. The molecule has 0 saturated carbocycles. The summed E-state index contributed by atoms with van der Waals surface area (Å²) in [6, 6.07) is -1.04. The Kier molecular flexibility index (Phi) is 43.4. The van der Waals surface area contributed by atoms with Gasteiger partial charge in [-0.3, -0.25) is 9.59 Å². The minimum absolute atomic E-state index is 0.0234. The quantitative estimate of drug-likeness (QED) is 0.0149. The molecule has 1 aliphatic heterocycles. The van der Waals surface area contributed by atoms with Gasteiger partial charge in [-0.05, 0) is 64.2 Å². The number of aliphatic hydroxyl groups is 5. The number of hydrogen-bond donors (Lipinski definition) is 6. The van der Waals surface area contributed by atoms with Crippen LogP contribution in [0.2, 0.25) is 0 Å². The third kappa shape index (κ3) is 35.0. The van der Waals surface area contributed by atoms with Gasteiger partial charge in [-0.25, -0.2) is 0 Å². The van der Waals surface area contributed by atoms with E-state index in [-0.39, 0.29) is 19.4 Å². The van der Waals surface area contributed by atoms with E-state index in [4.69, 9.17) is 14.2 Å². The Balaban J connectivity index is 2.79. The number of unbranched alkanes of at least 4 members (excludes halogenated alkanes) is 23. The average Bonchev–Trinajstić information content (AvgIpc) is 3.36. The Morgan fingerprint density at radius 1 is 0.571 bits per heavy atom. The Bertz CT molecular complexity index is 1460. The van der Waals surface area contributed by atoms with Crippen LogP contribution >= 0.6 is 0 Å². The summed E-state index contributed by atoms with van der Waals surface area (Å²) < 4.78 is 17.5. The first-order chi connectivity index (χ1) is 34.2. The van der Waals surface area contributed by atoms with Crippen molar-refractivity contribution in [3.05, 3.63) is 85.1 Å². The fourth-order valence-corrected chi connectivity index (χ4v) is 8.20. The van der Waals surface area contributed by atoms with Crippen LogP contribution in [0, 0.1) is 0 Å². The molecule has 0 spiro atoms. The molecule has 0 aromatic rings. The molecule has 11 nitrogen and oxygen atoms in total. The van der Waals surface area contributed by atoms with E-state index >= 15 is 0 Å². The van der Waals surface area contributed by atoms with Crippen molar-refractivity contribution in [2.24, 2.45) is 0 Å². The first kappa shape index (κ1) is 64.9. The number of aliphatic hydroxyl groups excluding tert-OH is 5. The van der Waals surface area contributed by atoms with Crippen LogP contribution in [-0.2, 0) is 23.8 Å². The maximum absolute atomic E-state index is 13.4. The van der Waals surface area contributed by atoms with E-state index in [9.17, 15) is 35.1 Å². The third-order valence-corrected chi connectivity index (χ3v) is 12.7. The third-order valence-electron chi connectivity index (χ3n) is 12.7. The molecule has 0 aromatic heterocycles. The van der Waals surface area contributed by atoms with Crippen molar-refractivity contribution in [2.75, 3.05) is 13.2 Å². The molecule has 8 unspecified atom stereocenters. The molecule has 1 fully saturated rings. The molecule has 402 valence electrons. The Morgan fingerprint density at radius 2 is 1.04 bits per heavy atom. The first-order valence-corrected chi connectivity index (χ1v) is 27.9. The van der Waals surface area contributed by atoms with Crippen molar-refractivity contribution in [3.63, 3.8) is 0 Å². The van der Waals surface area contributed by atoms with E-state index in [1.807, 2.05) is 60.8 Å². The van der Waals surface area contributed by atoms with Crippen molar-refractivity contribution in [2.45, 2.75) is 262 Å². The van der Waals surface area contributed by atoms with Gasteiger partial charge in [0.25, 0.3) is 0 Å². The Labute approximate surface area is 425 Å². The molecular weight excluding hydrogens is 883 g/mol. The second-order valence-electron chi connectivity index (χ2n) is 19.1. The molecule has 0 bridgehead atoms. The molecule has 11 heteroatoms. The van der Waals surface area contributed by atoms with E-state index in [1.54, 1.807) is 6.08 Å². The summed E-state index contributed by atoms with van der Waals surface area (Å²) >= 11 is 0. The van der Waals surface area contributed by atoms with E-state index in [1.165, 1.54) is 89.9 Å². The van der Waals surface area contributed by atoms with Gasteiger partial charge >= 0.3 is 5.97 Å². The minimum Gasteiger partial charge on any atom is -0.454 e. The summed E-state index contributed by atoms with van der Waals surface area (Å²) in [7, 11) is 0. The van der Waals surface area contributed by atoms with Gasteiger partial charge in [-0.15, -0.1) is 0 Å². The van der Waals surface area contributed by atoms with Crippen molar-refractivity contribution in [1.29, 1.82) is 0 Å². The predicted molar refractivity (Wildman–Crippen MR) is 287 cm³/mol. The van der Waals surface area contributed by atoms with E-state index in [0.29, 0.717) is 19.3 Å². The van der Waals surface area contributed by atoms with Gasteiger partial charge in [-0.1, -0.05) is 228 Å². The van der Waals surface area contributed by atoms with E-state index in [2.05, 4.69) is 44.3 Å². The van der Waals surface area contributed by atoms with Crippen LogP contribution in [0.15, 0.2) is 85.1 Å². The van der Waals surface area contributed by atoms with Crippen LogP contribution in [0.1, 0.15) is 213 Å². The van der Waals surface area contributed by atoms with Crippen LogP contribution in [0.5, 0.6) is 0 Å². The lowest BCUT2D eigenvalue weighted by Crippen LogP contribution is -2.61. The Morgan fingerprint density at radius 3 is 1.57 bits per heavy atom. The first-order valence-electron chi connectivity index (χ1n) is 27.9. The Hall–Kier alpha value is -3.16. The number of carbonyl (C=O) groups excluding carboxylic acids is 2. The maximum atomic E-state index is 13.4. The predicted octanol–water partition coefficient (Wildman–Crippen LogP) is 12.2. The van der Waals surface area contributed by atoms with Gasteiger partial charge in [0.05, 0.1) is 25.4 Å². The summed E-state index contributed by atoms with van der Waals surface area (Å²) in [6.07, 6.45) is 49.2. The molecule has 1 saturated heterocycles. The van der Waals surface area contributed by atoms with Crippen molar-refractivity contribution >= 4 is 11.9 Å². The second kappa shape index (κ2) is 46.9. The molecule has 1 aliphatic rings. The molecule has 8 atom stereocenters. The number of allylic oxidation sites excluding steroid dienone is 13. The highest BCUT2D eigenvalue weighted by Gasteiger charge is 2.47. The van der Waals surface area contributed by atoms with Gasteiger partial charge in [-0.2, -0.15) is 0 Å². The number of esters is 1. The van der Waals surface area contributed by atoms with Gasteiger partial charge in [0.15, 0.2) is 12.4 Å². The average molecular weight is 984 g/mol. The fraction of sp³-hybridized carbons (Fsp3) is 0.729. The SMILES string of the molecule is CC/C=C/C=C/C=C\C=C/C=C/CCCC(=O)OC1C(OCC(NC(=O)C(O)CCCCCCCC/C=C/CCCCCCCC)C(O)/C=C/CCCCCCCCCCCC)OC(CO)C(O)C1O. The molecule has 1 heterocycles. The van der Waals surface area contributed by atoms with Crippen LogP contribution in [-0.4, -0.2) is 99.6 Å². The second-order valence-corrected chi connectivity index (χ2v) is 19.1. The van der Waals surface area contributed by atoms with Crippen LogP contribution in [0.3, 0.4) is 0 Å². The van der Waals surface area contributed by atoms with Crippen LogP contribution in [0.25, 0.3) is 0 Å². The summed E-state index contributed by atoms with van der Waals surface area (Å²) in [4.78, 5) is 26.4.